The molecule has 3 aliphatic rings. The zero-order valence-electron chi connectivity index (χ0n) is 19.5. The van der Waals surface area contributed by atoms with Crippen LogP contribution in [0.15, 0.2) is 18.2 Å². The first-order valence-electron chi connectivity index (χ1n) is 11.7. The number of benzene rings is 1. The number of ether oxygens (including phenoxy) is 2. The van der Waals surface area contributed by atoms with Crippen LogP contribution in [-0.2, 0) is 27.0 Å². The minimum Gasteiger partial charge on any atom is -0.389 e. The van der Waals surface area contributed by atoms with Gasteiger partial charge in [0.25, 0.3) is 0 Å². The third-order valence-corrected chi connectivity index (χ3v) is 7.68. The first kappa shape index (κ1) is 25.3. The highest BCUT2D eigenvalue weighted by Gasteiger charge is 2.56. The van der Waals surface area contributed by atoms with Gasteiger partial charge in [-0.25, -0.2) is 4.39 Å². The Kier molecular flexibility index (Phi) is 6.98. The van der Waals surface area contributed by atoms with Crippen molar-refractivity contribution in [3.8, 4) is 0 Å². The van der Waals surface area contributed by atoms with Crippen LogP contribution < -0.4 is 5.32 Å². The van der Waals surface area contributed by atoms with Crippen molar-refractivity contribution in [3.05, 3.63) is 35.1 Å². The Hall–Kier alpha value is -1.75. The summed E-state index contributed by atoms with van der Waals surface area (Å²) in [5.74, 6) is -1.45. The van der Waals surface area contributed by atoms with Crippen LogP contribution in [0.2, 0.25) is 0 Å². The van der Waals surface area contributed by atoms with Crippen molar-refractivity contribution < 1.29 is 36.9 Å². The van der Waals surface area contributed by atoms with Crippen molar-refractivity contribution in [2.45, 2.75) is 76.0 Å². The van der Waals surface area contributed by atoms with Gasteiger partial charge >= 0.3 is 6.18 Å². The number of morpholine rings is 1. The second-order valence-electron chi connectivity index (χ2n) is 10.1. The molecular weight excluding hydrogens is 456 g/mol. The minimum atomic E-state index is -4.69. The summed E-state index contributed by atoms with van der Waals surface area (Å²) >= 11 is 0. The van der Waals surface area contributed by atoms with Gasteiger partial charge in [-0.15, -0.1) is 0 Å². The maximum atomic E-state index is 13.8. The molecule has 1 saturated carbocycles. The summed E-state index contributed by atoms with van der Waals surface area (Å²) in [5.41, 5.74) is -3.56. The molecule has 4 atom stereocenters. The number of hydrogen-bond acceptors (Lipinski definition) is 5. The number of carbonyl (C=O) groups excluding carboxylic acids is 1. The van der Waals surface area contributed by atoms with Gasteiger partial charge in [0.1, 0.15) is 5.82 Å². The van der Waals surface area contributed by atoms with Crippen molar-refractivity contribution >= 4 is 5.91 Å². The summed E-state index contributed by atoms with van der Waals surface area (Å²) in [6.07, 6.45) is -2.29. The number of alkyl halides is 3. The molecule has 34 heavy (non-hydrogen) atoms. The molecule has 10 heteroatoms. The van der Waals surface area contributed by atoms with Gasteiger partial charge < -0.3 is 19.9 Å². The van der Waals surface area contributed by atoms with Gasteiger partial charge in [0.2, 0.25) is 5.91 Å². The summed E-state index contributed by atoms with van der Waals surface area (Å²) < 4.78 is 64.3. The van der Waals surface area contributed by atoms with Gasteiger partial charge in [0.15, 0.2) is 0 Å². The second-order valence-corrected chi connectivity index (χ2v) is 10.1. The smallest absolute Gasteiger partial charge is 0.389 e. The number of carbonyl (C=O) groups is 1. The highest BCUT2D eigenvalue weighted by atomic mass is 19.4. The summed E-state index contributed by atoms with van der Waals surface area (Å²) in [6.45, 7) is 5.42. The van der Waals surface area contributed by atoms with Gasteiger partial charge in [0, 0.05) is 31.8 Å². The molecule has 1 aliphatic carbocycles. The molecule has 1 amide bonds. The minimum absolute atomic E-state index is 0.00994. The molecule has 3 unspecified atom stereocenters. The molecule has 0 aromatic heterocycles. The molecule has 0 radical (unpaired) electrons. The fraction of sp³-hybridized carbons (Fsp3) is 0.708. The van der Waals surface area contributed by atoms with Crippen LogP contribution in [0, 0.1) is 11.2 Å². The summed E-state index contributed by atoms with van der Waals surface area (Å²) in [7, 11) is 0. The average Bonchev–Trinajstić information content (AvgIpc) is 3.23. The maximum absolute atomic E-state index is 13.8. The summed E-state index contributed by atoms with van der Waals surface area (Å²) in [4.78, 5) is 15.8. The number of amides is 1. The van der Waals surface area contributed by atoms with E-state index >= 15 is 0 Å². The Morgan fingerprint density at radius 3 is 2.71 bits per heavy atom. The third kappa shape index (κ3) is 4.96. The van der Waals surface area contributed by atoms with E-state index in [0.29, 0.717) is 45.1 Å². The van der Waals surface area contributed by atoms with E-state index in [4.69, 9.17) is 9.47 Å². The Morgan fingerprint density at radius 2 is 2.00 bits per heavy atom. The fourth-order valence-corrected chi connectivity index (χ4v) is 5.78. The highest BCUT2D eigenvalue weighted by Crippen LogP contribution is 2.49. The van der Waals surface area contributed by atoms with E-state index in [2.05, 4.69) is 10.2 Å². The van der Waals surface area contributed by atoms with E-state index < -0.39 is 34.5 Å². The van der Waals surface area contributed by atoms with Crippen LogP contribution in [0.3, 0.4) is 0 Å². The fourth-order valence-electron chi connectivity index (χ4n) is 5.78. The molecule has 0 spiro atoms. The Balaban J connectivity index is 1.49. The van der Waals surface area contributed by atoms with Crippen LogP contribution in [0.5, 0.6) is 0 Å². The van der Waals surface area contributed by atoms with Crippen LogP contribution in [0.1, 0.15) is 50.7 Å². The van der Waals surface area contributed by atoms with Crippen molar-refractivity contribution in [3.63, 3.8) is 0 Å². The molecule has 1 aromatic carbocycles. The topological polar surface area (TPSA) is 71.0 Å². The van der Waals surface area contributed by atoms with Crippen molar-refractivity contribution in [1.29, 1.82) is 0 Å². The molecule has 2 aliphatic heterocycles. The maximum Gasteiger partial charge on any atom is 0.416 e. The first-order valence-corrected chi connectivity index (χ1v) is 11.7. The number of nitrogens with one attached hydrogen (secondary N) is 1. The number of nitrogens with zero attached hydrogens (tertiary/aromatic N) is 1. The van der Waals surface area contributed by atoms with E-state index in [1.807, 2.05) is 0 Å². The molecule has 190 valence electrons. The molecule has 0 bridgehead atoms. The van der Waals surface area contributed by atoms with E-state index in [1.54, 1.807) is 13.8 Å². The zero-order chi connectivity index (χ0) is 24.7. The number of aliphatic hydroxyl groups is 1. The van der Waals surface area contributed by atoms with Crippen LogP contribution in [-0.4, -0.2) is 66.1 Å². The Labute approximate surface area is 196 Å². The molecule has 2 N–H and O–H groups in total. The van der Waals surface area contributed by atoms with E-state index in [-0.39, 0.29) is 30.3 Å². The van der Waals surface area contributed by atoms with Crippen molar-refractivity contribution in [2.24, 2.45) is 5.41 Å². The molecule has 1 aromatic rings. The lowest BCUT2D eigenvalue weighted by Crippen LogP contribution is -2.59. The van der Waals surface area contributed by atoms with Crippen LogP contribution in [0.4, 0.5) is 17.6 Å². The number of rotatable bonds is 5. The van der Waals surface area contributed by atoms with E-state index in [1.165, 1.54) is 0 Å². The molecule has 6 nitrogen and oxygen atoms in total. The predicted molar refractivity (Wildman–Crippen MR) is 115 cm³/mol. The van der Waals surface area contributed by atoms with Gasteiger partial charge in [-0.05, 0) is 63.3 Å². The monoisotopic (exact) mass is 488 g/mol. The third-order valence-electron chi connectivity index (χ3n) is 7.68. The lowest BCUT2D eigenvalue weighted by atomic mass is 9.71. The van der Waals surface area contributed by atoms with E-state index in [9.17, 15) is 27.5 Å². The average molecular weight is 489 g/mol. The van der Waals surface area contributed by atoms with E-state index in [0.717, 1.165) is 25.1 Å². The molecular formula is C24H32F4N2O4. The van der Waals surface area contributed by atoms with Crippen molar-refractivity contribution in [1.82, 2.24) is 10.2 Å². The Bertz CT molecular complexity index is 902. The summed E-state index contributed by atoms with van der Waals surface area (Å²) in [6, 6.07) is 2.50. The standard InChI is InChI=1S/C24H32F4N2O4/c1-22(2,32)23(21(31)29-13-15-9-16(24(26,27)28)11-17(25)10-15)5-3-18(12-23)30-6-8-34-20-14-33-7-4-19(20)30/h9-11,18-20,32H,3-8,12-14H2,1-2H3,(H,29,31)/t18?,19?,20?,23-/m1/s1. The SMILES string of the molecule is CC(C)(O)[C@]1(C(=O)NCc2cc(F)cc(C(F)(F)F)c2)CCC(N2CCOC3COCCC32)C1. The number of halogens is 4. The number of hydrogen-bond donors (Lipinski definition) is 2. The van der Waals surface area contributed by atoms with Gasteiger partial charge in [-0.1, -0.05) is 0 Å². The molecule has 2 heterocycles. The summed E-state index contributed by atoms with van der Waals surface area (Å²) in [5, 5.41) is 13.7. The van der Waals surface area contributed by atoms with Gasteiger partial charge in [-0.2, -0.15) is 13.2 Å². The largest absolute Gasteiger partial charge is 0.416 e. The quantitative estimate of drug-likeness (QED) is 0.623. The molecule has 2 saturated heterocycles. The highest BCUT2D eigenvalue weighted by molar-refractivity contribution is 5.84. The van der Waals surface area contributed by atoms with Gasteiger partial charge in [0.05, 0.1) is 35.9 Å². The lowest BCUT2D eigenvalue weighted by molar-refractivity contribution is -0.153. The molecule has 3 fully saturated rings. The van der Waals surface area contributed by atoms with Crippen LogP contribution in [0.25, 0.3) is 0 Å². The first-order chi connectivity index (χ1) is 15.9. The van der Waals surface area contributed by atoms with Gasteiger partial charge in [-0.3, -0.25) is 9.69 Å². The second kappa shape index (κ2) is 9.37. The zero-order valence-corrected chi connectivity index (χ0v) is 19.5. The predicted octanol–water partition coefficient (Wildman–Crippen LogP) is 3.26. The molecule has 4 rings (SSSR count). The van der Waals surface area contributed by atoms with Crippen LogP contribution >= 0.6 is 0 Å². The Morgan fingerprint density at radius 1 is 1.24 bits per heavy atom. The number of fused-ring (bicyclic) bond motifs is 1. The lowest BCUT2D eigenvalue weighted by Gasteiger charge is -2.47. The van der Waals surface area contributed by atoms with Crippen molar-refractivity contribution in [2.75, 3.05) is 26.4 Å². The normalized spacial score (nSPS) is 30.7.